The number of halogens is 1. The van der Waals surface area contributed by atoms with Gasteiger partial charge in [-0.05, 0) is 55.3 Å². The van der Waals surface area contributed by atoms with Crippen LogP contribution in [0.25, 0.3) is 0 Å². The molecule has 7 nitrogen and oxygen atoms in total. The standard InChI is InChI=1S/C19H20FNO6S/c1-25-17-9-2-13(12-18(17)28(23,24)21-15-5-6-15)19(22)27-11-10-26-16-7-3-14(20)4-8-16/h2-4,7-9,12,15,21H,5-6,10-11H2,1H3. The summed E-state index contributed by atoms with van der Waals surface area (Å²) in [7, 11) is -2.44. The van der Waals surface area contributed by atoms with Crippen LogP contribution in [0.2, 0.25) is 0 Å². The van der Waals surface area contributed by atoms with Gasteiger partial charge in [-0.1, -0.05) is 0 Å². The molecule has 28 heavy (non-hydrogen) atoms. The number of rotatable bonds is 9. The molecule has 0 unspecified atom stereocenters. The summed E-state index contributed by atoms with van der Waals surface area (Å²) < 4.78 is 55.9. The molecule has 1 saturated carbocycles. The molecule has 0 atom stereocenters. The molecule has 1 aliphatic rings. The van der Waals surface area contributed by atoms with Gasteiger partial charge in [-0.2, -0.15) is 0 Å². The van der Waals surface area contributed by atoms with E-state index in [0.29, 0.717) is 5.75 Å². The van der Waals surface area contributed by atoms with Crippen molar-refractivity contribution in [2.24, 2.45) is 0 Å². The van der Waals surface area contributed by atoms with Gasteiger partial charge in [-0.15, -0.1) is 0 Å². The van der Waals surface area contributed by atoms with Crippen molar-refractivity contribution < 1.29 is 31.8 Å². The molecule has 1 fully saturated rings. The van der Waals surface area contributed by atoms with Crippen LogP contribution in [0.3, 0.4) is 0 Å². The zero-order chi connectivity index (χ0) is 20.1. The second kappa shape index (κ2) is 8.57. The summed E-state index contributed by atoms with van der Waals surface area (Å²) in [4.78, 5) is 12.1. The minimum Gasteiger partial charge on any atom is -0.495 e. The fraction of sp³-hybridized carbons (Fsp3) is 0.316. The third kappa shape index (κ3) is 5.20. The molecule has 2 aromatic rings. The van der Waals surface area contributed by atoms with Gasteiger partial charge in [0.2, 0.25) is 10.0 Å². The highest BCUT2D eigenvalue weighted by Crippen LogP contribution is 2.28. The lowest BCUT2D eigenvalue weighted by Gasteiger charge is -2.12. The first kappa shape index (κ1) is 20.1. The van der Waals surface area contributed by atoms with Crippen molar-refractivity contribution in [3.63, 3.8) is 0 Å². The van der Waals surface area contributed by atoms with E-state index in [-0.39, 0.29) is 41.3 Å². The highest BCUT2D eigenvalue weighted by Gasteiger charge is 2.30. The lowest BCUT2D eigenvalue weighted by molar-refractivity contribution is 0.0450. The Bertz CT molecular complexity index is 941. The highest BCUT2D eigenvalue weighted by atomic mass is 32.2. The fourth-order valence-electron chi connectivity index (χ4n) is 2.41. The zero-order valence-electron chi connectivity index (χ0n) is 15.2. The van der Waals surface area contributed by atoms with E-state index in [9.17, 15) is 17.6 Å². The molecule has 9 heteroatoms. The molecule has 0 aromatic heterocycles. The predicted octanol–water partition coefficient (Wildman–Crippen LogP) is 2.51. The molecule has 0 saturated heterocycles. The van der Waals surface area contributed by atoms with Crippen molar-refractivity contribution in [2.75, 3.05) is 20.3 Å². The molecule has 0 radical (unpaired) electrons. The molecule has 150 valence electrons. The third-order valence-corrected chi connectivity index (χ3v) is 5.53. The summed E-state index contributed by atoms with van der Waals surface area (Å²) in [5.41, 5.74) is 0.0822. The van der Waals surface area contributed by atoms with E-state index in [4.69, 9.17) is 14.2 Å². The maximum atomic E-state index is 12.8. The summed E-state index contributed by atoms with van der Waals surface area (Å²) in [6, 6.07) is 9.44. The number of esters is 1. The minimum atomic E-state index is -3.80. The number of methoxy groups -OCH3 is 1. The number of nitrogens with one attached hydrogen (secondary N) is 1. The number of benzene rings is 2. The van der Waals surface area contributed by atoms with Gasteiger partial charge < -0.3 is 14.2 Å². The fourth-order valence-corrected chi connectivity index (χ4v) is 3.91. The van der Waals surface area contributed by atoms with Crippen molar-refractivity contribution in [3.05, 3.63) is 53.8 Å². The van der Waals surface area contributed by atoms with E-state index in [1.807, 2.05) is 0 Å². The van der Waals surface area contributed by atoms with E-state index in [2.05, 4.69) is 4.72 Å². The molecule has 1 N–H and O–H groups in total. The number of carbonyl (C=O) groups is 1. The number of ether oxygens (including phenoxy) is 3. The van der Waals surface area contributed by atoms with Gasteiger partial charge in [0.1, 0.15) is 35.4 Å². The molecule has 0 heterocycles. The van der Waals surface area contributed by atoms with Crippen LogP contribution < -0.4 is 14.2 Å². The number of carbonyl (C=O) groups excluding carboxylic acids is 1. The number of hydrogen-bond donors (Lipinski definition) is 1. The van der Waals surface area contributed by atoms with Gasteiger partial charge in [0.25, 0.3) is 0 Å². The first-order valence-corrected chi connectivity index (χ1v) is 10.1. The smallest absolute Gasteiger partial charge is 0.338 e. The normalized spacial score (nSPS) is 13.8. The average molecular weight is 409 g/mol. The second-order valence-corrected chi connectivity index (χ2v) is 7.88. The van der Waals surface area contributed by atoms with Crippen LogP contribution in [-0.2, 0) is 14.8 Å². The van der Waals surface area contributed by atoms with E-state index in [0.717, 1.165) is 12.8 Å². The van der Waals surface area contributed by atoms with Gasteiger partial charge in [-0.3, -0.25) is 0 Å². The molecular weight excluding hydrogens is 389 g/mol. The molecule has 0 amide bonds. The summed E-state index contributed by atoms with van der Waals surface area (Å²) in [6.45, 7) is 0.0204. The number of sulfonamides is 1. The Kier molecular flexibility index (Phi) is 6.15. The van der Waals surface area contributed by atoms with Gasteiger partial charge in [0.05, 0.1) is 12.7 Å². The SMILES string of the molecule is COc1ccc(C(=O)OCCOc2ccc(F)cc2)cc1S(=O)(=O)NC1CC1. The van der Waals surface area contributed by atoms with Crippen LogP contribution in [0.4, 0.5) is 4.39 Å². The Morgan fingerprint density at radius 2 is 1.86 bits per heavy atom. The minimum absolute atomic E-state index is 0.0509. The lowest BCUT2D eigenvalue weighted by Crippen LogP contribution is -2.26. The van der Waals surface area contributed by atoms with Crippen molar-refractivity contribution in [1.29, 1.82) is 0 Å². The van der Waals surface area contributed by atoms with Gasteiger partial charge >= 0.3 is 5.97 Å². The Morgan fingerprint density at radius 3 is 2.50 bits per heavy atom. The van der Waals surface area contributed by atoms with Crippen LogP contribution in [0.5, 0.6) is 11.5 Å². The molecule has 1 aliphatic carbocycles. The summed E-state index contributed by atoms with van der Waals surface area (Å²) >= 11 is 0. The van der Waals surface area contributed by atoms with E-state index < -0.39 is 16.0 Å². The Labute approximate surface area is 162 Å². The van der Waals surface area contributed by atoms with Crippen LogP contribution in [0.1, 0.15) is 23.2 Å². The van der Waals surface area contributed by atoms with Crippen LogP contribution >= 0.6 is 0 Å². The molecule has 0 spiro atoms. The average Bonchev–Trinajstić information content (AvgIpc) is 3.49. The van der Waals surface area contributed by atoms with Crippen LogP contribution in [0.15, 0.2) is 47.4 Å². The van der Waals surface area contributed by atoms with Crippen molar-refractivity contribution in [1.82, 2.24) is 4.72 Å². The molecule has 0 bridgehead atoms. The number of hydrogen-bond acceptors (Lipinski definition) is 6. The topological polar surface area (TPSA) is 90.9 Å². The molecule has 3 rings (SSSR count). The summed E-state index contributed by atoms with van der Waals surface area (Å²) in [5.74, 6) is -0.473. The van der Waals surface area contributed by atoms with Crippen molar-refractivity contribution in [3.8, 4) is 11.5 Å². The predicted molar refractivity (Wildman–Crippen MR) is 98.5 cm³/mol. The van der Waals surface area contributed by atoms with Gasteiger partial charge in [0, 0.05) is 6.04 Å². The maximum Gasteiger partial charge on any atom is 0.338 e. The lowest BCUT2D eigenvalue weighted by atomic mass is 10.2. The summed E-state index contributed by atoms with van der Waals surface area (Å²) in [5, 5.41) is 0. The Morgan fingerprint density at radius 1 is 1.14 bits per heavy atom. The van der Waals surface area contributed by atoms with Crippen LogP contribution in [0, 0.1) is 5.82 Å². The van der Waals surface area contributed by atoms with Gasteiger partial charge in [0.15, 0.2) is 0 Å². The van der Waals surface area contributed by atoms with Crippen molar-refractivity contribution in [2.45, 2.75) is 23.8 Å². The molecular formula is C19H20FNO6S. The van der Waals surface area contributed by atoms with E-state index >= 15 is 0 Å². The van der Waals surface area contributed by atoms with E-state index in [1.54, 1.807) is 0 Å². The van der Waals surface area contributed by atoms with Crippen molar-refractivity contribution >= 4 is 16.0 Å². The Balaban J connectivity index is 1.61. The first-order chi connectivity index (χ1) is 13.4. The Hall–Kier alpha value is -2.65. The summed E-state index contributed by atoms with van der Waals surface area (Å²) in [6.07, 6.45) is 1.58. The highest BCUT2D eigenvalue weighted by molar-refractivity contribution is 7.89. The van der Waals surface area contributed by atoms with Crippen LogP contribution in [-0.4, -0.2) is 40.8 Å². The first-order valence-electron chi connectivity index (χ1n) is 8.65. The molecule has 2 aromatic carbocycles. The van der Waals surface area contributed by atoms with E-state index in [1.165, 1.54) is 49.6 Å². The second-order valence-electron chi connectivity index (χ2n) is 6.20. The quantitative estimate of drug-likeness (QED) is 0.506. The third-order valence-electron chi connectivity index (χ3n) is 3.99. The monoisotopic (exact) mass is 409 g/mol. The largest absolute Gasteiger partial charge is 0.495 e. The zero-order valence-corrected chi connectivity index (χ0v) is 16.0. The molecule has 0 aliphatic heterocycles. The van der Waals surface area contributed by atoms with Gasteiger partial charge in [-0.25, -0.2) is 22.3 Å². The maximum absolute atomic E-state index is 12.8.